The van der Waals surface area contributed by atoms with Gasteiger partial charge < -0.3 is 10.2 Å². The molecule has 1 spiro atoms. The topological polar surface area (TPSA) is 66.5 Å². The predicted molar refractivity (Wildman–Crippen MR) is 156 cm³/mol. The molecule has 1 N–H and O–H groups in total. The molecule has 39 heavy (non-hydrogen) atoms. The fourth-order valence-electron chi connectivity index (χ4n) is 6.69. The molecule has 1 amide bonds. The fourth-order valence-corrected chi connectivity index (χ4v) is 7.19. The van der Waals surface area contributed by atoms with Crippen molar-refractivity contribution in [2.45, 2.75) is 45.2 Å². The van der Waals surface area contributed by atoms with Crippen molar-refractivity contribution in [3.8, 4) is 0 Å². The first-order valence-electron chi connectivity index (χ1n) is 13.0. The maximum Gasteiger partial charge on any atom is 0.238 e. The molecule has 198 valence electrons. The monoisotopic (exact) mass is 558 g/mol. The molecule has 0 bridgehead atoms. The number of ketones is 2. The minimum absolute atomic E-state index is 0.118. The van der Waals surface area contributed by atoms with Gasteiger partial charge in [0.15, 0.2) is 11.6 Å². The average molecular weight is 559 g/mol. The summed E-state index contributed by atoms with van der Waals surface area (Å²) in [6, 6.07) is 18.5. The van der Waals surface area contributed by atoms with Gasteiger partial charge in [0.1, 0.15) is 11.5 Å². The number of benzene rings is 3. The second kappa shape index (κ2) is 8.80. The van der Waals surface area contributed by atoms with Gasteiger partial charge in [0.25, 0.3) is 0 Å². The Balaban J connectivity index is 1.71. The number of nitrogens with zero attached hydrogens (tertiary/aromatic N) is 1. The largest absolute Gasteiger partial charge is 0.352 e. The Kier molecular flexibility index (Phi) is 5.83. The van der Waals surface area contributed by atoms with Gasteiger partial charge in [-0.15, -0.1) is 0 Å². The molecule has 1 saturated heterocycles. The zero-order valence-corrected chi connectivity index (χ0v) is 23.6. The summed E-state index contributed by atoms with van der Waals surface area (Å²) in [6.07, 6.45) is 2.05. The van der Waals surface area contributed by atoms with E-state index in [2.05, 4.69) is 5.32 Å². The van der Waals surface area contributed by atoms with Crippen molar-refractivity contribution < 1.29 is 14.4 Å². The van der Waals surface area contributed by atoms with Crippen molar-refractivity contribution in [1.82, 2.24) is 0 Å². The van der Waals surface area contributed by atoms with E-state index in [4.69, 9.17) is 23.2 Å². The third kappa shape index (κ3) is 3.56. The number of carbonyl (C=O) groups excluding carboxylic acids is 3. The quantitative estimate of drug-likeness (QED) is 0.352. The second-order valence-electron chi connectivity index (χ2n) is 11.6. The van der Waals surface area contributed by atoms with E-state index < -0.39 is 28.8 Å². The maximum atomic E-state index is 14.8. The first-order chi connectivity index (χ1) is 18.5. The van der Waals surface area contributed by atoms with Crippen LogP contribution in [0.5, 0.6) is 0 Å². The predicted octanol–water partition coefficient (Wildman–Crippen LogP) is 6.97. The summed E-state index contributed by atoms with van der Waals surface area (Å²) in [5, 5.41) is 3.63. The first-order valence-corrected chi connectivity index (χ1v) is 13.7. The van der Waals surface area contributed by atoms with Crippen LogP contribution in [-0.2, 0) is 15.0 Å². The van der Waals surface area contributed by atoms with Gasteiger partial charge in [0, 0.05) is 32.9 Å². The average Bonchev–Trinajstić information content (AvgIpc) is 3.35. The van der Waals surface area contributed by atoms with Gasteiger partial charge in [-0.1, -0.05) is 86.4 Å². The van der Waals surface area contributed by atoms with E-state index in [0.29, 0.717) is 16.3 Å². The molecule has 6 rings (SSSR count). The first kappa shape index (κ1) is 25.8. The van der Waals surface area contributed by atoms with E-state index in [1.807, 2.05) is 87.2 Å². The van der Waals surface area contributed by atoms with Gasteiger partial charge in [-0.3, -0.25) is 14.4 Å². The smallest absolute Gasteiger partial charge is 0.238 e. The van der Waals surface area contributed by atoms with Crippen LogP contribution in [0.4, 0.5) is 11.4 Å². The number of Topliss-reactive ketones (excluding diaryl/α,β-unsaturated/α-hetero) is 2. The van der Waals surface area contributed by atoms with Crippen molar-refractivity contribution in [3.63, 3.8) is 0 Å². The molecule has 0 aliphatic carbocycles. The summed E-state index contributed by atoms with van der Waals surface area (Å²) >= 11 is 12.8. The van der Waals surface area contributed by atoms with Gasteiger partial charge in [-0.05, 0) is 48.4 Å². The highest BCUT2D eigenvalue weighted by Crippen LogP contribution is 2.59. The van der Waals surface area contributed by atoms with E-state index in [9.17, 15) is 14.4 Å². The van der Waals surface area contributed by atoms with Crippen LogP contribution in [0.3, 0.4) is 0 Å². The van der Waals surface area contributed by atoms with Crippen LogP contribution < -0.4 is 10.2 Å². The number of rotatable bonds is 3. The number of hydrogen-bond donors (Lipinski definition) is 1. The number of para-hydroxylation sites is 2. The lowest BCUT2D eigenvalue weighted by Gasteiger charge is -2.39. The van der Waals surface area contributed by atoms with Gasteiger partial charge in [-0.2, -0.15) is 0 Å². The molecule has 7 heteroatoms. The molecule has 0 unspecified atom stereocenters. The van der Waals surface area contributed by atoms with E-state index in [0.717, 1.165) is 16.8 Å². The lowest BCUT2D eigenvalue weighted by Crippen LogP contribution is -2.51. The van der Waals surface area contributed by atoms with Crippen LogP contribution in [0.15, 0.2) is 72.8 Å². The van der Waals surface area contributed by atoms with Crippen molar-refractivity contribution in [2.75, 3.05) is 10.2 Å². The lowest BCUT2D eigenvalue weighted by atomic mass is 9.63. The lowest BCUT2D eigenvalue weighted by molar-refractivity contribution is -0.128. The Morgan fingerprint density at radius 3 is 2.38 bits per heavy atom. The number of nitrogens with one attached hydrogen (secondary N) is 1. The fraction of sp³-hybridized carbons (Fsp3) is 0.281. The van der Waals surface area contributed by atoms with Crippen LogP contribution in [-0.4, -0.2) is 29.6 Å². The Morgan fingerprint density at radius 1 is 0.974 bits per heavy atom. The zero-order valence-electron chi connectivity index (χ0n) is 22.1. The molecule has 5 nitrogen and oxygen atoms in total. The summed E-state index contributed by atoms with van der Waals surface area (Å²) in [5.41, 5.74) is 2.24. The van der Waals surface area contributed by atoms with Gasteiger partial charge in [0.2, 0.25) is 5.91 Å². The van der Waals surface area contributed by atoms with Crippen LogP contribution >= 0.6 is 23.2 Å². The highest BCUT2D eigenvalue weighted by Gasteiger charge is 2.71. The van der Waals surface area contributed by atoms with Crippen molar-refractivity contribution in [1.29, 1.82) is 0 Å². The Hall–Kier alpha value is -3.41. The molecule has 3 aliphatic heterocycles. The molecule has 3 aliphatic rings. The normalized spacial score (nSPS) is 25.1. The van der Waals surface area contributed by atoms with Gasteiger partial charge >= 0.3 is 0 Å². The van der Waals surface area contributed by atoms with Crippen molar-refractivity contribution in [2.24, 2.45) is 11.3 Å². The molecule has 3 aromatic carbocycles. The standard InChI is InChI=1S/C32H28Cl2N2O3/c1-17-15-25-32(21-10-6-7-11-23(21)35-30(32)39)26(28(37)20-14-13-18(33)16-22(20)34)27(29(38)31(2,3)4)36(25)24-12-8-5-9-19(17)24/h5-16,25-27H,1-4H3,(H,35,39)/t25-,26+,27-,32+/m1/s1. The molecule has 3 aromatic rings. The van der Waals surface area contributed by atoms with E-state index in [1.54, 1.807) is 12.1 Å². The molecule has 3 heterocycles. The zero-order chi connectivity index (χ0) is 27.9. The summed E-state index contributed by atoms with van der Waals surface area (Å²) in [5.74, 6) is -1.82. The van der Waals surface area contributed by atoms with E-state index in [1.165, 1.54) is 6.07 Å². The second-order valence-corrected chi connectivity index (χ2v) is 12.5. The third-order valence-electron chi connectivity index (χ3n) is 8.37. The minimum atomic E-state index is -1.36. The number of carbonyl (C=O) groups is 3. The number of allylic oxidation sites excluding steroid dienone is 1. The summed E-state index contributed by atoms with van der Waals surface area (Å²) in [7, 11) is 0. The third-order valence-corrected chi connectivity index (χ3v) is 8.92. The Morgan fingerprint density at radius 2 is 1.67 bits per heavy atom. The molecule has 0 radical (unpaired) electrons. The highest BCUT2D eigenvalue weighted by molar-refractivity contribution is 6.37. The molecule has 1 fully saturated rings. The number of fused-ring (bicyclic) bond motifs is 6. The Labute approximate surface area is 237 Å². The van der Waals surface area contributed by atoms with Crippen LogP contribution in [0.2, 0.25) is 10.0 Å². The van der Waals surface area contributed by atoms with Crippen molar-refractivity contribution >= 4 is 57.6 Å². The highest BCUT2D eigenvalue weighted by atomic mass is 35.5. The molecular formula is C32H28Cl2N2O3. The number of amides is 1. The van der Waals surface area contributed by atoms with Gasteiger partial charge in [-0.25, -0.2) is 0 Å². The summed E-state index contributed by atoms with van der Waals surface area (Å²) in [6.45, 7) is 7.57. The number of hydrogen-bond acceptors (Lipinski definition) is 4. The van der Waals surface area contributed by atoms with Crippen LogP contribution in [0, 0.1) is 11.3 Å². The molecule has 0 aromatic heterocycles. The van der Waals surface area contributed by atoms with E-state index >= 15 is 0 Å². The summed E-state index contributed by atoms with van der Waals surface area (Å²) < 4.78 is 0. The maximum absolute atomic E-state index is 14.8. The molecular weight excluding hydrogens is 531 g/mol. The SMILES string of the molecule is CC1=C[C@H]2N(c3ccccc31)[C@@H](C(=O)C(C)(C)C)[C@@H](C(=O)c1ccc(Cl)cc1Cl)[C@@]21C(=O)Nc2ccccc21. The van der Waals surface area contributed by atoms with Crippen molar-refractivity contribution in [3.05, 3.63) is 99.5 Å². The molecule has 4 atom stereocenters. The summed E-state index contributed by atoms with van der Waals surface area (Å²) in [4.78, 5) is 45.6. The number of halogens is 2. The van der Waals surface area contributed by atoms with E-state index in [-0.39, 0.29) is 28.1 Å². The Bertz CT molecular complexity index is 1600. The van der Waals surface area contributed by atoms with Crippen LogP contribution in [0.1, 0.15) is 49.2 Å². The minimum Gasteiger partial charge on any atom is -0.352 e. The number of anilines is 2. The van der Waals surface area contributed by atoms with Gasteiger partial charge in [0.05, 0.1) is 17.0 Å². The molecule has 0 saturated carbocycles. The van der Waals surface area contributed by atoms with Crippen LogP contribution in [0.25, 0.3) is 5.57 Å².